The van der Waals surface area contributed by atoms with Crippen molar-refractivity contribution in [3.63, 3.8) is 0 Å². The first-order valence-electron chi connectivity index (χ1n) is 49.6. The van der Waals surface area contributed by atoms with E-state index in [1.807, 2.05) is 0 Å². The molecule has 0 bridgehead atoms. The van der Waals surface area contributed by atoms with E-state index in [9.17, 15) is 0 Å². The van der Waals surface area contributed by atoms with Crippen LogP contribution in [0.5, 0.6) is 0 Å². The molecule has 0 spiro atoms. The summed E-state index contributed by atoms with van der Waals surface area (Å²) in [6, 6.07) is 144. The van der Waals surface area contributed by atoms with Crippen LogP contribution < -0.4 is 26.2 Å². The smallest absolute Gasteiger partial charge is 0.252 e. The molecule has 674 valence electrons. The molecule has 0 radical (unpaired) electrons. The van der Waals surface area contributed by atoms with Gasteiger partial charge in [0.15, 0.2) is 0 Å². The average Bonchev–Trinajstić information content (AvgIpc) is 1.63. The lowest BCUT2D eigenvalue weighted by molar-refractivity contribution is 0.590. The van der Waals surface area contributed by atoms with Crippen molar-refractivity contribution < 1.29 is 0 Å². The van der Waals surface area contributed by atoms with E-state index in [0.29, 0.717) is 0 Å². The number of nitrogens with zero attached hydrogens (tertiary/aromatic N) is 4. The van der Waals surface area contributed by atoms with Crippen molar-refractivity contribution in [1.29, 1.82) is 0 Å². The van der Waals surface area contributed by atoms with E-state index in [4.69, 9.17) is 0 Å². The minimum absolute atomic E-state index is 0.0881. The van der Waals surface area contributed by atoms with Gasteiger partial charge in [-0.05, 0) is 292 Å². The van der Waals surface area contributed by atoms with Gasteiger partial charge in [-0.3, -0.25) is 0 Å². The SMILES string of the molecule is CC(C)(C)c1ccc(N2c3cc(-n4c5ccc(C(C)(C)C)cc5c5cc(C(C)(C)C)ccc54)ccc3B3c4ccc(-n5c6ccc(C(C)(C)C)cc6c6cc(C(C)(C)C)ccc65)cc4N(c4ccc(C(C)(C)C)cc4-c4ccc5c(c4)C(c4ccccc4)(c4ccccc4)c4ccccc4-5)c4cc(C(C)(C)C)cc2c43)c(-c2ccc3c(c2)C(c2ccccc2)(c2ccccc2)c2ccccc2-3)c1. The van der Waals surface area contributed by atoms with Crippen LogP contribution in [0.25, 0.3) is 99.5 Å². The van der Waals surface area contributed by atoms with Gasteiger partial charge in [-0.2, -0.15) is 0 Å². The van der Waals surface area contributed by atoms with Crippen LogP contribution in [0.1, 0.15) is 229 Å². The monoisotopic (exact) mass is 1770 g/mol. The first kappa shape index (κ1) is 87.1. The Bertz CT molecular complexity index is 7480. The van der Waals surface area contributed by atoms with Gasteiger partial charge in [-0.15, -0.1) is 0 Å². The van der Waals surface area contributed by atoms with Crippen LogP contribution in [0.15, 0.2) is 364 Å². The van der Waals surface area contributed by atoms with Gasteiger partial charge in [0.25, 0.3) is 6.71 Å². The molecule has 2 aliphatic carbocycles. The summed E-state index contributed by atoms with van der Waals surface area (Å²) in [5, 5.41) is 5.04. The van der Waals surface area contributed by atoms with Gasteiger partial charge >= 0.3 is 0 Å². The van der Waals surface area contributed by atoms with Gasteiger partial charge < -0.3 is 18.9 Å². The van der Waals surface area contributed by atoms with Crippen LogP contribution in [-0.2, 0) is 48.7 Å². The maximum Gasteiger partial charge on any atom is 0.252 e. The molecule has 4 aliphatic rings. The van der Waals surface area contributed by atoms with Gasteiger partial charge in [-0.1, -0.05) is 388 Å². The summed E-state index contributed by atoms with van der Waals surface area (Å²) in [4.78, 5) is 5.53. The van der Waals surface area contributed by atoms with Crippen molar-refractivity contribution in [3.05, 3.63) is 447 Å². The van der Waals surface area contributed by atoms with Gasteiger partial charge in [0, 0.05) is 66.8 Å². The molecule has 0 unspecified atom stereocenters. The highest BCUT2D eigenvalue weighted by molar-refractivity contribution is 7.00. The van der Waals surface area contributed by atoms with Gasteiger partial charge in [0.1, 0.15) is 0 Å². The predicted molar refractivity (Wildman–Crippen MR) is 586 cm³/mol. The van der Waals surface area contributed by atoms with E-state index in [1.54, 1.807) is 0 Å². The van der Waals surface area contributed by atoms with E-state index < -0.39 is 10.8 Å². The summed E-state index contributed by atoms with van der Waals surface area (Å²) in [6.45, 7) is 49.5. The number of hydrogen-bond acceptors (Lipinski definition) is 2. The van der Waals surface area contributed by atoms with Crippen molar-refractivity contribution in [2.75, 3.05) is 9.80 Å². The van der Waals surface area contributed by atoms with Crippen molar-refractivity contribution in [3.8, 4) is 55.9 Å². The van der Waals surface area contributed by atoms with E-state index in [2.05, 4.69) is 528 Å². The fraction of sp³-hybridized carbons (Fsp3) is 0.227. The van der Waals surface area contributed by atoms with Crippen molar-refractivity contribution in [2.45, 2.75) is 194 Å². The Labute approximate surface area is 811 Å². The summed E-state index contributed by atoms with van der Waals surface area (Å²) < 4.78 is 5.19. The lowest BCUT2D eigenvalue weighted by atomic mass is 9.33. The van der Waals surface area contributed by atoms with Crippen molar-refractivity contribution in [1.82, 2.24) is 9.13 Å². The largest absolute Gasteiger partial charge is 0.311 e. The van der Waals surface area contributed by atoms with E-state index in [0.717, 1.165) is 67.8 Å². The van der Waals surface area contributed by atoms with Crippen LogP contribution in [0.3, 0.4) is 0 Å². The maximum absolute atomic E-state index is 2.76. The molecule has 2 aliphatic heterocycles. The fourth-order valence-electron chi connectivity index (χ4n) is 23.7. The number of hydrogen-bond donors (Lipinski definition) is 0. The van der Waals surface area contributed by atoms with Crippen LogP contribution in [0, 0.1) is 0 Å². The predicted octanol–water partition coefficient (Wildman–Crippen LogP) is 33.1. The summed E-state index contributed by atoms with van der Waals surface area (Å²) in [7, 11) is 0. The normalized spacial score (nSPS) is 14.4. The fourth-order valence-corrected chi connectivity index (χ4v) is 23.7. The van der Waals surface area contributed by atoms with Crippen LogP contribution in [0.2, 0.25) is 0 Å². The van der Waals surface area contributed by atoms with Crippen molar-refractivity contribution in [2.24, 2.45) is 0 Å². The Morgan fingerprint density at radius 1 is 0.197 bits per heavy atom. The zero-order chi connectivity index (χ0) is 95.1. The standard InChI is InChI=1S/C132H123BN4/c1-124(2,3)88-52-64-113(101(72-88)82-50-60-99-97-46-34-36-48-107(97)131(109(99)70-82,84-38-26-22-27-39-84)85-40-28-23-29-41-85)136-119-80-95(134-115-66-54-90(126(7,8)9)74-103(115)104-75-91(127(10,11)12)55-67-116(104)134)58-62-111(119)133-112-63-59-96(135-117-68-56-92(128(13,14)15)76-105(117)106-77-93(129(16,17)18)57-69-118(106)135)81-120(112)137(122-79-94(130(19,20)21)78-121(136)123(122)133)114-65-53-89(125(4,5)6)73-102(114)83-51-61-100-98-47-35-37-49-108(98)132(110(100)71-83,86-42-30-24-31-43-86)87-44-32-25-33-45-87/h22-81H,1-21H3. The highest BCUT2D eigenvalue weighted by Gasteiger charge is 2.51. The molecule has 0 fully saturated rings. The van der Waals surface area contributed by atoms with Gasteiger partial charge in [-0.25, -0.2) is 0 Å². The Kier molecular flexibility index (Phi) is 19.5. The lowest BCUT2D eigenvalue weighted by Gasteiger charge is -2.46. The second-order valence-electron chi connectivity index (χ2n) is 46.9. The Morgan fingerprint density at radius 2 is 0.474 bits per heavy atom. The molecular weight excluding hydrogens is 1650 g/mol. The molecule has 0 saturated carbocycles. The second-order valence-corrected chi connectivity index (χ2v) is 46.9. The molecule has 2 aromatic heterocycles. The summed E-state index contributed by atoms with van der Waals surface area (Å²) in [6.07, 6.45) is 0. The molecule has 0 amide bonds. The lowest BCUT2D eigenvalue weighted by Crippen LogP contribution is -2.61. The van der Waals surface area contributed by atoms with Crippen molar-refractivity contribution >= 4 is 101 Å². The molecule has 4 heterocycles. The van der Waals surface area contributed by atoms with E-state index in [1.165, 1.54) is 166 Å². The molecule has 137 heavy (non-hydrogen) atoms. The third-order valence-corrected chi connectivity index (χ3v) is 31.2. The molecule has 17 aromatic carbocycles. The number of benzene rings is 17. The van der Waals surface area contributed by atoms with Crippen LogP contribution in [0.4, 0.5) is 34.1 Å². The highest BCUT2D eigenvalue weighted by Crippen LogP contribution is 2.62. The zero-order valence-corrected chi connectivity index (χ0v) is 83.5. The van der Waals surface area contributed by atoms with Crippen LogP contribution >= 0.6 is 0 Å². The minimum atomic E-state index is -0.651. The van der Waals surface area contributed by atoms with E-state index in [-0.39, 0.29) is 44.6 Å². The number of rotatable bonds is 10. The topological polar surface area (TPSA) is 16.3 Å². The molecular formula is C132H123BN4. The first-order valence-corrected chi connectivity index (χ1v) is 49.6. The molecule has 0 atom stereocenters. The molecule has 19 aromatic rings. The number of anilines is 6. The van der Waals surface area contributed by atoms with Crippen LogP contribution in [-0.4, -0.2) is 15.8 Å². The molecule has 4 nitrogen and oxygen atoms in total. The quantitative estimate of drug-likeness (QED) is 0.127. The van der Waals surface area contributed by atoms with E-state index >= 15 is 0 Å². The molecule has 5 heteroatoms. The average molecular weight is 1780 g/mol. The zero-order valence-electron chi connectivity index (χ0n) is 83.5. The molecule has 0 saturated heterocycles. The Balaban J connectivity index is 0.856. The summed E-state index contributed by atoms with van der Waals surface area (Å²) in [5.41, 5.74) is 43.6. The Morgan fingerprint density at radius 3 is 0.781 bits per heavy atom. The molecule has 0 N–H and O–H groups in total. The summed E-state index contributed by atoms with van der Waals surface area (Å²) >= 11 is 0. The minimum Gasteiger partial charge on any atom is -0.311 e. The molecule has 23 rings (SSSR count). The number of aromatic nitrogens is 2. The third-order valence-electron chi connectivity index (χ3n) is 31.2. The Hall–Kier alpha value is -14.0. The second kappa shape index (κ2) is 30.8. The maximum atomic E-state index is 2.76. The highest BCUT2D eigenvalue weighted by atomic mass is 15.2. The van der Waals surface area contributed by atoms with Gasteiger partial charge in [0.2, 0.25) is 0 Å². The first-order chi connectivity index (χ1) is 65.4. The van der Waals surface area contributed by atoms with Gasteiger partial charge in [0.05, 0.1) is 44.3 Å². The number of fused-ring (bicyclic) bond motifs is 16. The third kappa shape index (κ3) is 13.6. The summed E-state index contributed by atoms with van der Waals surface area (Å²) in [5.74, 6) is 0.